The number of aryl methyl sites for hydroxylation is 2. The highest BCUT2D eigenvalue weighted by Crippen LogP contribution is 2.43. The van der Waals surface area contributed by atoms with Crippen LogP contribution in [-0.4, -0.2) is 57.0 Å². The molecule has 2 fully saturated rings. The van der Waals surface area contributed by atoms with E-state index in [4.69, 9.17) is 9.47 Å². The fraction of sp³-hybridized carbons (Fsp3) is 0.571. The van der Waals surface area contributed by atoms with Crippen molar-refractivity contribution in [3.63, 3.8) is 0 Å². The summed E-state index contributed by atoms with van der Waals surface area (Å²) < 4.78 is 13.8. The van der Waals surface area contributed by atoms with Gasteiger partial charge in [0.15, 0.2) is 0 Å². The molecule has 0 N–H and O–H groups in total. The van der Waals surface area contributed by atoms with Gasteiger partial charge in [-0.2, -0.15) is 5.10 Å². The lowest BCUT2D eigenvalue weighted by Gasteiger charge is -2.43. The number of nitrogens with zero attached hydrogens (tertiary/aromatic N) is 4. The number of ether oxygens (including phenoxy) is 2. The Kier molecular flexibility index (Phi) is 5.35. The summed E-state index contributed by atoms with van der Waals surface area (Å²) in [6.45, 7) is 0.751. The molecule has 1 aliphatic heterocycles. The third kappa shape index (κ3) is 3.76. The molecule has 28 heavy (non-hydrogen) atoms. The molecule has 2 aliphatic rings. The Labute approximate surface area is 165 Å². The van der Waals surface area contributed by atoms with Gasteiger partial charge >= 0.3 is 0 Å². The number of fused-ring (bicyclic) bond motifs is 1. The van der Waals surface area contributed by atoms with Crippen LogP contribution in [0, 0.1) is 0 Å². The number of hydrogen-bond donors (Lipinski definition) is 0. The second-order valence-electron chi connectivity index (χ2n) is 7.83. The highest BCUT2D eigenvalue weighted by molar-refractivity contribution is 5.77. The second-order valence-corrected chi connectivity index (χ2v) is 7.83. The van der Waals surface area contributed by atoms with Gasteiger partial charge in [0.25, 0.3) is 0 Å². The minimum Gasteiger partial charge on any atom is -0.474 e. The Hall–Kier alpha value is -2.41. The molecule has 7 nitrogen and oxygen atoms in total. The largest absolute Gasteiger partial charge is 0.474 e. The Morgan fingerprint density at radius 3 is 2.96 bits per heavy atom. The molecule has 0 radical (unpaired) electrons. The van der Waals surface area contributed by atoms with Crippen molar-refractivity contribution in [1.29, 1.82) is 0 Å². The first kappa shape index (κ1) is 18.9. The van der Waals surface area contributed by atoms with Gasteiger partial charge in [-0.15, -0.1) is 0 Å². The summed E-state index contributed by atoms with van der Waals surface area (Å²) in [5.74, 6) is 0.830. The molecule has 3 atom stereocenters. The fourth-order valence-electron chi connectivity index (χ4n) is 4.65. The van der Waals surface area contributed by atoms with Crippen molar-refractivity contribution >= 4 is 5.91 Å². The predicted octanol–water partition coefficient (Wildman–Crippen LogP) is 2.37. The van der Waals surface area contributed by atoms with Crippen LogP contribution in [0.4, 0.5) is 0 Å². The van der Waals surface area contributed by atoms with E-state index in [0.29, 0.717) is 18.7 Å². The van der Waals surface area contributed by atoms with Crippen LogP contribution >= 0.6 is 0 Å². The van der Waals surface area contributed by atoms with Crippen LogP contribution in [0.15, 0.2) is 36.8 Å². The second kappa shape index (κ2) is 7.91. The molecule has 3 heterocycles. The SMILES string of the molecule is COC12CCC(Oc3ccccn3)CC1N(C(=O)CCc1cnn(C)c1)CC2. The molecule has 1 aliphatic carbocycles. The summed E-state index contributed by atoms with van der Waals surface area (Å²) in [4.78, 5) is 19.3. The van der Waals surface area contributed by atoms with Crippen LogP contribution in [0.3, 0.4) is 0 Å². The highest BCUT2D eigenvalue weighted by atomic mass is 16.5. The van der Waals surface area contributed by atoms with Crippen LogP contribution in [-0.2, 0) is 23.0 Å². The van der Waals surface area contributed by atoms with Gasteiger partial charge in [0.2, 0.25) is 11.8 Å². The first-order valence-corrected chi connectivity index (χ1v) is 9.99. The third-order valence-corrected chi connectivity index (χ3v) is 6.17. The molecular weight excluding hydrogens is 356 g/mol. The summed E-state index contributed by atoms with van der Waals surface area (Å²) in [5, 5.41) is 4.18. The lowest BCUT2D eigenvalue weighted by atomic mass is 9.79. The lowest BCUT2D eigenvalue weighted by Crippen LogP contribution is -2.53. The number of rotatable bonds is 6. The number of aromatic nitrogens is 3. The van der Waals surface area contributed by atoms with E-state index >= 15 is 0 Å². The molecule has 1 amide bonds. The van der Waals surface area contributed by atoms with Gasteiger partial charge in [0.1, 0.15) is 6.10 Å². The summed E-state index contributed by atoms with van der Waals surface area (Å²) in [6, 6.07) is 5.74. The Balaban J connectivity index is 1.42. The summed E-state index contributed by atoms with van der Waals surface area (Å²) in [7, 11) is 3.67. The van der Waals surface area contributed by atoms with E-state index in [0.717, 1.165) is 37.8 Å². The average molecular weight is 384 g/mol. The highest BCUT2D eigenvalue weighted by Gasteiger charge is 2.52. The number of pyridine rings is 1. The fourth-order valence-corrected chi connectivity index (χ4v) is 4.65. The van der Waals surface area contributed by atoms with Gasteiger partial charge in [-0.1, -0.05) is 6.07 Å². The first-order valence-electron chi connectivity index (χ1n) is 9.99. The number of carbonyl (C=O) groups is 1. The van der Waals surface area contributed by atoms with Crippen LogP contribution in [0.2, 0.25) is 0 Å². The minimum atomic E-state index is -0.242. The molecule has 150 valence electrons. The normalized spacial score (nSPS) is 26.9. The van der Waals surface area contributed by atoms with Crippen molar-refractivity contribution in [2.75, 3.05) is 13.7 Å². The third-order valence-electron chi connectivity index (χ3n) is 6.17. The molecule has 1 saturated heterocycles. The molecule has 7 heteroatoms. The van der Waals surface area contributed by atoms with Crippen molar-refractivity contribution in [2.45, 2.75) is 56.3 Å². The number of amides is 1. The first-order chi connectivity index (χ1) is 13.6. The van der Waals surface area contributed by atoms with Gasteiger partial charge in [0, 0.05) is 52.0 Å². The minimum absolute atomic E-state index is 0.0508. The van der Waals surface area contributed by atoms with E-state index in [2.05, 4.69) is 10.1 Å². The van der Waals surface area contributed by atoms with Gasteiger partial charge in [-0.25, -0.2) is 4.98 Å². The van der Waals surface area contributed by atoms with Crippen molar-refractivity contribution in [1.82, 2.24) is 19.7 Å². The van der Waals surface area contributed by atoms with Gasteiger partial charge < -0.3 is 14.4 Å². The number of hydrogen-bond acceptors (Lipinski definition) is 5. The van der Waals surface area contributed by atoms with Crippen molar-refractivity contribution in [2.24, 2.45) is 7.05 Å². The molecule has 0 spiro atoms. The quantitative estimate of drug-likeness (QED) is 0.765. The molecule has 2 aromatic rings. The Morgan fingerprint density at radius 2 is 2.25 bits per heavy atom. The average Bonchev–Trinajstić information content (AvgIpc) is 3.30. The molecule has 1 saturated carbocycles. The summed E-state index contributed by atoms with van der Waals surface area (Å²) in [6.07, 6.45) is 10.3. The Bertz CT molecular complexity index is 809. The van der Waals surface area contributed by atoms with E-state index in [1.165, 1.54) is 0 Å². The molecule has 3 unspecified atom stereocenters. The topological polar surface area (TPSA) is 69.5 Å². The monoisotopic (exact) mass is 384 g/mol. The zero-order chi connectivity index (χ0) is 19.6. The zero-order valence-corrected chi connectivity index (χ0v) is 16.6. The van der Waals surface area contributed by atoms with E-state index in [1.807, 2.05) is 42.5 Å². The van der Waals surface area contributed by atoms with E-state index in [1.54, 1.807) is 18.0 Å². The van der Waals surface area contributed by atoms with Gasteiger partial charge in [0.05, 0.1) is 17.8 Å². The maximum absolute atomic E-state index is 13.0. The van der Waals surface area contributed by atoms with E-state index < -0.39 is 0 Å². The number of likely N-dealkylation sites (tertiary alicyclic amines) is 1. The van der Waals surface area contributed by atoms with Crippen molar-refractivity contribution < 1.29 is 14.3 Å². The maximum Gasteiger partial charge on any atom is 0.223 e. The maximum atomic E-state index is 13.0. The van der Waals surface area contributed by atoms with Crippen molar-refractivity contribution in [3.8, 4) is 5.88 Å². The molecule has 2 aromatic heterocycles. The van der Waals surface area contributed by atoms with Gasteiger partial charge in [-0.05, 0) is 37.3 Å². The molecule has 4 rings (SSSR count). The van der Waals surface area contributed by atoms with Crippen LogP contribution in [0.1, 0.15) is 37.7 Å². The molecule has 0 aromatic carbocycles. The van der Waals surface area contributed by atoms with Crippen LogP contribution in [0.25, 0.3) is 0 Å². The summed E-state index contributed by atoms with van der Waals surface area (Å²) >= 11 is 0. The smallest absolute Gasteiger partial charge is 0.223 e. The van der Waals surface area contributed by atoms with Crippen LogP contribution < -0.4 is 4.74 Å². The molecular formula is C21H28N4O3. The predicted molar refractivity (Wildman–Crippen MR) is 104 cm³/mol. The van der Waals surface area contributed by atoms with Crippen LogP contribution in [0.5, 0.6) is 5.88 Å². The van der Waals surface area contributed by atoms with E-state index in [9.17, 15) is 4.79 Å². The molecule has 0 bridgehead atoms. The number of carbonyl (C=O) groups excluding carboxylic acids is 1. The van der Waals surface area contributed by atoms with E-state index in [-0.39, 0.29) is 23.7 Å². The standard InChI is InChI=1S/C21H28N4O3/c1-24-15-16(14-23-24)6-7-20(26)25-12-10-21(27-2)9-8-17(13-18(21)25)28-19-5-3-4-11-22-19/h3-5,11,14-15,17-18H,6-10,12-13H2,1-2H3. The van der Waals surface area contributed by atoms with Crippen molar-refractivity contribution in [3.05, 3.63) is 42.4 Å². The Morgan fingerprint density at radius 1 is 1.36 bits per heavy atom. The summed E-state index contributed by atoms with van der Waals surface area (Å²) in [5.41, 5.74) is 0.849. The van der Waals surface area contributed by atoms with Gasteiger partial charge in [-0.3, -0.25) is 9.48 Å². The lowest BCUT2D eigenvalue weighted by molar-refractivity contribution is -0.139. The zero-order valence-electron chi connectivity index (χ0n) is 16.6. The number of methoxy groups -OCH3 is 1.